The Bertz CT molecular complexity index is 681. The lowest BCUT2D eigenvalue weighted by Crippen LogP contribution is -2.31. The molecule has 1 saturated heterocycles. The van der Waals surface area contributed by atoms with Crippen LogP contribution in [0.1, 0.15) is 42.5 Å². The Morgan fingerprint density at radius 2 is 2.16 bits per heavy atom. The van der Waals surface area contributed by atoms with Crippen molar-refractivity contribution in [3.05, 3.63) is 65.5 Å². The van der Waals surface area contributed by atoms with E-state index < -0.39 is 0 Å². The van der Waals surface area contributed by atoms with Gasteiger partial charge in [0.25, 0.3) is 0 Å². The molecule has 1 atom stereocenters. The zero-order valence-electron chi connectivity index (χ0n) is 14.9. The van der Waals surface area contributed by atoms with Gasteiger partial charge in [0.05, 0.1) is 18.3 Å². The predicted molar refractivity (Wildman–Crippen MR) is 97.9 cm³/mol. The Morgan fingerprint density at radius 3 is 2.88 bits per heavy atom. The number of ether oxygens (including phenoxy) is 1. The third kappa shape index (κ3) is 5.40. The van der Waals surface area contributed by atoms with Crippen molar-refractivity contribution in [2.24, 2.45) is 0 Å². The molecular weight excluding hydrogens is 312 g/mol. The number of amides is 1. The van der Waals surface area contributed by atoms with Gasteiger partial charge in [0.15, 0.2) is 0 Å². The highest BCUT2D eigenvalue weighted by molar-refractivity contribution is 5.76. The normalized spacial score (nSPS) is 16.8. The second-order valence-electron chi connectivity index (χ2n) is 6.73. The highest BCUT2D eigenvalue weighted by atomic mass is 16.5. The van der Waals surface area contributed by atoms with Crippen LogP contribution in [0.5, 0.6) is 0 Å². The monoisotopic (exact) mass is 338 g/mol. The largest absolute Gasteiger partial charge is 0.378 e. The Kier molecular flexibility index (Phi) is 6.18. The second-order valence-corrected chi connectivity index (χ2v) is 6.73. The van der Waals surface area contributed by atoms with Crippen LogP contribution in [-0.4, -0.2) is 28.5 Å². The van der Waals surface area contributed by atoms with Gasteiger partial charge in [-0.05, 0) is 43.9 Å². The maximum absolute atomic E-state index is 12.8. The minimum absolute atomic E-state index is 0.169. The van der Waals surface area contributed by atoms with Crippen molar-refractivity contribution in [3.63, 3.8) is 0 Å². The molecule has 2 aromatic rings. The minimum Gasteiger partial charge on any atom is -0.378 e. The summed E-state index contributed by atoms with van der Waals surface area (Å²) < 4.78 is 5.65. The molecule has 0 unspecified atom stereocenters. The van der Waals surface area contributed by atoms with Gasteiger partial charge >= 0.3 is 0 Å². The van der Waals surface area contributed by atoms with E-state index in [1.165, 1.54) is 5.56 Å². The standard InChI is InChI=1S/C21H26N2O2/c1-17-6-4-7-18(14-17)15-23(16-19-8-2-3-12-22-19)21(24)11-10-20-9-5-13-25-20/h2-4,6-8,12,14,20H,5,9-11,13,15-16H2,1H3/t20-/m1/s1. The summed E-state index contributed by atoms with van der Waals surface area (Å²) in [5.41, 5.74) is 3.28. The predicted octanol–water partition coefficient (Wildman–Crippen LogP) is 3.88. The number of rotatable bonds is 7. The lowest BCUT2D eigenvalue weighted by Gasteiger charge is -2.23. The molecule has 3 rings (SSSR count). The van der Waals surface area contributed by atoms with Crippen molar-refractivity contribution in [1.82, 2.24) is 9.88 Å². The fraction of sp³-hybridized carbons (Fsp3) is 0.429. The SMILES string of the molecule is Cc1cccc(CN(Cc2ccccn2)C(=O)CC[C@H]2CCCO2)c1. The number of carbonyl (C=O) groups is 1. The molecule has 0 bridgehead atoms. The molecule has 25 heavy (non-hydrogen) atoms. The van der Waals surface area contributed by atoms with Crippen molar-refractivity contribution >= 4 is 5.91 Å². The topological polar surface area (TPSA) is 42.4 Å². The first-order valence-corrected chi connectivity index (χ1v) is 9.05. The fourth-order valence-corrected chi connectivity index (χ4v) is 3.26. The summed E-state index contributed by atoms with van der Waals surface area (Å²) in [5, 5.41) is 0. The first kappa shape index (κ1) is 17.6. The molecule has 0 saturated carbocycles. The van der Waals surface area contributed by atoms with Crippen molar-refractivity contribution in [3.8, 4) is 0 Å². The summed E-state index contributed by atoms with van der Waals surface area (Å²) in [7, 11) is 0. The molecule has 1 fully saturated rings. The average molecular weight is 338 g/mol. The number of pyridine rings is 1. The van der Waals surface area contributed by atoms with E-state index in [1.807, 2.05) is 29.2 Å². The molecule has 4 heteroatoms. The van der Waals surface area contributed by atoms with E-state index >= 15 is 0 Å². The molecule has 0 N–H and O–H groups in total. The quantitative estimate of drug-likeness (QED) is 0.769. The van der Waals surface area contributed by atoms with Crippen LogP contribution >= 0.6 is 0 Å². The molecule has 0 aliphatic carbocycles. The van der Waals surface area contributed by atoms with Gasteiger partial charge in [0, 0.05) is 25.8 Å². The van der Waals surface area contributed by atoms with Crippen LogP contribution in [0.4, 0.5) is 0 Å². The van der Waals surface area contributed by atoms with Gasteiger partial charge < -0.3 is 9.64 Å². The Balaban J connectivity index is 1.67. The molecule has 132 valence electrons. The summed E-state index contributed by atoms with van der Waals surface area (Å²) >= 11 is 0. The zero-order chi connectivity index (χ0) is 17.5. The highest BCUT2D eigenvalue weighted by Gasteiger charge is 2.20. The maximum Gasteiger partial charge on any atom is 0.223 e. The number of nitrogens with zero attached hydrogens (tertiary/aromatic N) is 2. The Labute approximate surface area is 149 Å². The van der Waals surface area contributed by atoms with Gasteiger partial charge in [-0.15, -0.1) is 0 Å². The van der Waals surface area contributed by atoms with Crippen LogP contribution in [0, 0.1) is 6.92 Å². The lowest BCUT2D eigenvalue weighted by atomic mass is 10.1. The summed E-state index contributed by atoms with van der Waals surface area (Å²) in [5.74, 6) is 0.169. The number of hydrogen-bond donors (Lipinski definition) is 0. The molecule has 0 radical (unpaired) electrons. The van der Waals surface area contributed by atoms with Crippen molar-refractivity contribution in [2.45, 2.75) is 51.8 Å². The summed E-state index contributed by atoms with van der Waals surface area (Å²) in [6.45, 7) is 4.06. The van der Waals surface area contributed by atoms with E-state index in [4.69, 9.17) is 4.74 Å². The first-order chi connectivity index (χ1) is 12.2. The summed E-state index contributed by atoms with van der Waals surface area (Å²) in [6, 6.07) is 14.2. The second kappa shape index (κ2) is 8.77. The molecule has 1 aliphatic heterocycles. The van der Waals surface area contributed by atoms with E-state index in [0.29, 0.717) is 19.5 Å². The van der Waals surface area contributed by atoms with E-state index in [1.54, 1.807) is 6.20 Å². The van der Waals surface area contributed by atoms with Gasteiger partial charge in [-0.2, -0.15) is 0 Å². The molecule has 1 aliphatic rings. The summed E-state index contributed by atoms with van der Waals surface area (Å²) in [6.07, 6.45) is 5.55. The first-order valence-electron chi connectivity index (χ1n) is 9.05. The number of carbonyl (C=O) groups excluding carboxylic acids is 1. The van der Waals surface area contributed by atoms with E-state index in [9.17, 15) is 4.79 Å². The molecule has 1 amide bonds. The van der Waals surface area contributed by atoms with Gasteiger partial charge in [-0.1, -0.05) is 35.9 Å². The van der Waals surface area contributed by atoms with Crippen molar-refractivity contribution in [1.29, 1.82) is 0 Å². The third-order valence-electron chi connectivity index (χ3n) is 4.59. The Morgan fingerprint density at radius 1 is 1.24 bits per heavy atom. The number of aromatic nitrogens is 1. The molecular formula is C21H26N2O2. The molecule has 1 aromatic heterocycles. The van der Waals surface area contributed by atoms with Crippen LogP contribution in [0.15, 0.2) is 48.7 Å². The van der Waals surface area contributed by atoms with Gasteiger partial charge in [-0.25, -0.2) is 0 Å². The van der Waals surface area contributed by atoms with Crippen molar-refractivity contribution in [2.75, 3.05) is 6.61 Å². The zero-order valence-corrected chi connectivity index (χ0v) is 14.9. The van der Waals surface area contributed by atoms with Gasteiger partial charge in [0.1, 0.15) is 0 Å². The van der Waals surface area contributed by atoms with Crippen LogP contribution in [0.3, 0.4) is 0 Å². The molecule has 2 heterocycles. The maximum atomic E-state index is 12.8. The summed E-state index contributed by atoms with van der Waals surface area (Å²) in [4.78, 5) is 19.1. The van der Waals surface area contributed by atoms with Crippen LogP contribution in [0.2, 0.25) is 0 Å². The molecule has 4 nitrogen and oxygen atoms in total. The third-order valence-corrected chi connectivity index (χ3v) is 4.59. The minimum atomic E-state index is 0.169. The van der Waals surface area contributed by atoms with E-state index in [0.717, 1.165) is 37.1 Å². The van der Waals surface area contributed by atoms with Crippen LogP contribution < -0.4 is 0 Å². The number of benzene rings is 1. The van der Waals surface area contributed by atoms with E-state index in [2.05, 4.69) is 30.1 Å². The Hall–Kier alpha value is -2.20. The van der Waals surface area contributed by atoms with Crippen molar-refractivity contribution < 1.29 is 9.53 Å². The molecule has 1 aromatic carbocycles. The number of aryl methyl sites for hydroxylation is 1. The fourth-order valence-electron chi connectivity index (χ4n) is 3.26. The van der Waals surface area contributed by atoms with Crippen LogP contribution in [0.25, 0.3) is 0 Å². The molecule has 0 spiro atoms. The average Bonchev–Trinajstić information content (AvgIpc) is 3.14. The highest BCUT2D eigenvalue weighted by Crippen LogP contribution is 2.19. The van der Waals surface area contributed by atoms with Gasteiger partial charge in [-0.3, -0.25) is 9.78 Å². The smallest absolute Gasteiger partial charge is 0.223 e. The number of hydrogen-bond acceptors (Lipinski definition) is 3. The van der Waals surface area contributed by atoms with Gasteiger partial charge in [0.2, 0.25) is 5.91 Å². The lowest BCUT2D eigenvalue weighted by molar-refractivity contribution is -0.133. The van der Waals surface area contributed by atoms with Crippen LogP contribution in [-0.2, 0) is 22.6 Å². The van der Waals surface area contributed by atoms with E-state index in [-0.39, 0.29) is 12.0 Å².